The standard InChI is InChI=1S/C53H35N3.C29H19Br2N.C12H9N/c1-2-14-36(15-3-1)37-28-30-38(31-29-37)41-34-48(39-16-12-18-42(32-39)55-50-24-8-4-20-44(50)45-21-5-9-25-51(45)55)54-49(35-41)40-17-13-19-43(33-40)56-52-26-10-6-22-46(52)47-23-7-11-27-53(47)56;30-26-10-4-8-23(16-26)28-18-25(19-29(32-28)24-9-5-11-27(31)17-24)22-14-12-21(13-15-22)20-6-2-1-3-7-20;1-3-7-11-9(5-1)10-6-2-4-8-12(10)13-11/h1-35H;1-19H;1-8,13H. The van der Waals surface area contributed by atoms with Crippen LogP contribution in [0.4, 0.5) is 0 Å². The van der Waals surface area contributed by atoms with Gasteiger partial charge < -0.3 is 14.1 Å². The maximum Gasteiger partial charge on any atom is 0.0716 e. The number of halogens is 2. The number of nitrogens with one attached hydrogen (secondary N) is 1. The molecule has 0 saturated carbocycles. The quantitative estimate of drug-likeness (QED) is 0.148. The molecule has 5 aromatic heterocycles. The Kier molecular flexibility index (Phi) is 17.0. The van der Waals surface area contributed by atoms with Gasteiger partial charge in [0, 0.05) is 85.9 Å². The van der Waals surface area contributed by atoms with Crippen LogP contribution in [0, 0.1) is 0 Å². The van der Waals surface area contributed by atoms with Crippen molar-refractivity contribution in [1.29, 1.82) is 0 Å². The molecule has 5 heterocycles. The van der Waals surface area contributed by atoms with Crippen LogP contribution in [0.5, 0.6) is 0 Å². The van der Waals surface area contributed by atoms with Gasteiger partial charge in [-0.1, -0.05) is 299 Å². The third-order valence-electron chi connectivity index (χ3n) is 18.9. The Balaban J connectivity index is 0.000000140. The zero-order valence-electron chi connectivity index (χ0n) is 54.8. The van der Waals surface area contributed by atoms with Crippen LogP contribution in [0.25, 0.3) is 166 Å². The number of hydrogen-bond acceptors (Lipinski definition) is 2. The lowest BCUT2D eigenvalue weighted by atomic mass is 9.97. The Morgan fingerprint density at radius 3 is 0.792 bits per heavy atom. The van der Waals surface area contributed by atoms with E-state index in [-0.39, 0.29) is 0 Å². The first kappa shape index (κ1) is 62.3. The first-order chi connectivity index (χ1) is 49.9. The summed E-state index contributed by atoms with van der Waals surface area (Å²) in [5.74, 6) is 0. The molecule has 101 heavy (non-hydrogen) atoms. The number of para-hydroxylation sites is 6. The predicted molar refractivity (Wildman–Crippen MR) is 432 cm³/mol. The largest absolute Gasteiger partial charge is 0.355 e. The van der Waals surface area contributed by atoms with Crippen LogP contribution in [-0.4, -0.2) is 24.1 Å². The number of fused-ring (bicyclic) bond motifs is 9. The first-order valence-electron chi connectivity index (χ1n) is 33.9. The van der Waals surface area contributed by atoms with E-state index < -0.39 is 0 Å². The van der Waals surface area contributed by atoms with E-state index in [2.05, 4.69) is 392 Å². The highest BCUT2D eigenvalue weighted by Crippen LogP contribution is 2.39. The van der Waals surface area contributed by atoms with E-state index in [0.29, 0.717) is 0 Å². The molecule has 478 valence electrons. The van der Waals surface area contributed by atoms with E-state index >= 15 is 0 Å². The lowest BCUT2D eigenvalue weighted by Crippen LogP contribution is -1.97. The molecule has 0 aliphatic carbocycles. The van der Waals surface area contributed by atoms with E-state index in [0.717, 1.165) is 82.0 Å². The van der Waals surface area contributed by atoms with Crippen molar-refractivity contribution < 1.29 is 0 Å². The van der Waals surface area contributed by atoms with Gasteiger partial charge in [-0.15, -0.1) is 0 Å². The van der Waals surface area contributed by atoms with E-state index in [1.54, 1.807) is 0 Å². The second-order valence-corrected chi connectivity index (χ2v) is 27.0. The van der Waals surface area contributed by atoms with Gasteiger partial charge in [0.1, 0.15) is 0 Å². The van der Waals surface area contributed by atoms with E-state index in [9.17, 15) is 0 Å². The summed E-state index contributed by atoms with van der Waals surface area (Å²) in [6.45, 7) is 0. The van der Waals surface area contributed by atoms with Crippen LogP contribution >= 0.6 is 31.9 Å². The molecule has 0 aliphatic rings. The van der Waals surface area contributed by atoms with Gasteiger partial charge in [0.15, 0.2) is 0 Å². The SMILES string of the molecule is Brc1cccc(-c2cc(-c3ccc(-c4ccccc4)cc3)cc(-c3cccc(Br)c3)n2)c1.c1ccc(-c2ccc(-c3cc(-c4cccc(-n5c6ccccc6c6ccccc65)c4)nc(-c4cccc(-n5c6ccccc6c6ccccc65)c4)c3)cc2)cc1.c1ccc2c(c1)[nH]c1ccccc12. The van der Waals surface area contributed by atoms with Gasteiger partial charge in [-0.05, 0) is 154 Å². The molecule has 0 spiro atoms. The number of H-pyrrole nitrogens is 1. The Morgan fingerprint density at radius 2 is 0.455 bits per heavy atom. The van der Waals surface area contributed by atoms with Gasteiger partial charge in [-0.3, -0.25) is 0 Å². The Morgan fingerprint density at radius 1 is 0.198 bits per heavy atom. The van der Waals surface area contributed by atoms with Crippen molar-refractivity contribution in [2.45, 2.75) is 0 Å². The van der Waals surface area contributed by atoms with Crippen molar-refractivity contribution in [2.75, 3.05) is 0 Å². The van der Waals surface area contributed by atoms with Gasteiger partial charge >= 0.3 is 0 Å². The zero-order chi connectivity index (χ0) is 67.6. The summed E-state index contributed by atoms with van der Waals surface area (Å²) in [5.41, 5.74) is 26.8. The molecule has 0 unspecified atom stereocenters. The van der Waals surface area contributed by atoms with Crippen molar-refractivity contribution in [1.82, 2.24) is 24.1 Å². The molecule has 14 aromatic carbocycles. The average Bonchev–Trinajstić information content (AvgIpc) is 1.44. The van der Waals surface area contributed by atoms with Crippen LogP contribution in [-0.2, 0) is 0 Å². The van der Waals surface area contributed by atoms with E-state index in [4.69, 9.17) is 9.97 Å². The topological polar surface area (TPSA) is 51.4 Å². The molecular formula is C94H63Br2N5. The fraction of sp³-hybridized carbons (Fsp3) is 0. The van der Waals surface area contributed by atoms with Crippen molar-refractivity contribution in [2.24, 2.45) is 0 Å². The molecule has 0 aliphatic heterocycles. The van der Waals surface area contributed by atoms with E-state index in [1.165, 1.54) is 93.2 Å². The van der Waals surface area contributed by atoms with Crippen LogP contribution in [0.1, 0.15) is 0 Å². The van der Waals surface area contributed by atoms with Crippen molar-refractivity contribution in [3.63, 3.8) is 0 Å². The molecule has 19 rings (SSSR count). The molecule has 0 saturated heterocycles. The number of nitrogens with zero attached hydrogens (tertiary/aromatic N) is 4. The molecule has 1 N–H and O–H groups in total. The van der Waals surface area contributed by atoms with Gasteiger partial charge in [0.2, 0.25) is 0 Å². The van der Waals surface area contributed by atoms with Crippen molar-refractivity contribution in [3.8, 4) is 101 Å². The molecule has 0 bridgehead atoms. The number of benzene rings is 14. The summed E-state index contributed by atoms with van der Waals surface area (Å²) in [6, 6.07) is 133. The number of aromatic amines is 1. The van der Waals surface area contributed by atoms with Crippen LogP contribution in [0.3, 0.4) is 0 Å². The molecular weight excluding hydrogens is 1360 g/mol. The highest BCUT2D eigenvalue weighted by molar-refractivity contribution is 9.10. The molecule has 0 atom stereocenters. The van der Waals surface area contributed by atoms with Crippen molar-refractivity contribution in [3.05, 3.63) is 385 Å². The zero-order valence-corrected chi connectivity index (χ0v) is 58.0. The molecule has 0 radical (unpaired) electrons. The summed E-state index contributed by atoms with van der Waals surface area (Å²) >= 11 is 7.18. The monoisotopic (exact) mass is 1420 g/mol. The predicted octanol–water partition coefficient (Wildman–Crippen LogP) is 26.5. The minimum atomic E-state index is 0.925. The van der Waals surface area contributed by atoms with Crippen LogP contribution in [0.15, 0.2) is 385 Å². The minimum Gasteiger partial charge on any atom is -0.355 e. The Labute approximate surface area is 602 Å². The maximum atomic E-state index is 5.44. The Hall–Kier alpha value is -12.3. The molecule has 7 heteroatoms. The van der Waals surface area contributed by atoms with Crippen LogP contribution in [0.2, 0.25) is 0 Å². The highest BCUT2D eigenvalue weighted by Gasteiger charge is 2.18. The first-order valence-corrected chi connectivity index (χ1v) is 35.5. The minimum absolute atomic E-state index is 0.925. The second-order valence-electron chi connectivity index (χ2n) is 25.2. The summed E-state index contributed by atoms with van der Waals surface area (Å²) in [7, 11) is 0. The molecule has 5 nitrogen and oxygen atoms in total. The highest BCUT2D eigenvalue weighted by atomic mass is 79.9. The summed E-state index contributed by atoms with van der Waals surface area (Å²) in [6.07, 6.45) is 0. The lowest BCUT2D eigenvalue weighted by molar-refractivity contribution is 1.17. The number of pyridine rings is 2. The van der Waals surface area contributed by atoms with Crippen LogP contribution < -0.4 is 0 Å². The van der Waals surface area contributed by atoms with Gasteiger partial charge in [-0.25, -0.2) is 9.97 Å². The fourth-order valence-electron chi connectivity index (χ4n) is 14.1. The lowest BCUT2D eigenvalue weighted by Gasteiger charge is -2.14. The average molecular weight is 1420 g/mol. The maximum absolute atomic E-state index is 5.44. The van der Waals surface area contributed by atoms with Crippen molar-refractivity contribution >= 4 is 97.3 Å². The smallest absolute Gasteiger partial charge is 0.0716 e. The third kappa shape index (κ3) is 12.7. The summed E-state index contributed by atoms with van der Waals surface area (Å²) in [4.78, 5) is 13.8. The number of rotatable bonds is 10. The molecule has 19 aromatic rings. The number of aromatic nitrogens is 5. The van der Waals surface area contributed by atoms with E-state index in [1.807, 2.05) is 30.3 Å². The second kappa shape index (κ2) is 27.6. The van der Waals surface area contributed by atoms with Gasteiger partial charge in [0.25, 0.3) is 0 Å². The molecule has 0 amide bonds. The fourth-order valence-corrected chi connectivity index (χ4v) is 14.9. The normalized spacial score (nSPS) is 11.3. The van der Waals surface area contributed by atoms with Gasteiger partial charge in [0.05, 0.1) is 44.8 Å². The molecule has 0 fully saturated rings. The van der Waals surface area contributed by atoms with Gasteiger partial charge in [-0.2, -0.15) is 0 Å². The number of hydrogen-bond donors (Lipinski definition) is 1. The summed E-state index contributed by atoms with van der Waals surface area (Å²) < 4.78 is 6.82. The Bertz CT molecular complexity index is 5830. The summed E-state index contributed by atoms with van der Waals surface area (Å²) in [5, 5.41) is 7.60. The third-order valence-corrected chi connectivity index (χ3v) is 19.9.